The molecule has 0 saturated carbocycles. The first-order valence-corrected chi connectivity index (χ1v) is 23.8. The molecule has 0 aliphatic rings. The zero-order valence-electron chi connectivity index (χ0n) is 37.0. The van der Waals surface area contributed by atoms with Gasteiger partial charge in [0.15, 0.2) is 0 Å². The molecule has 2 atom stereocenters. The number of rotatable bonds is 40. The molecule has 9 heteroatoms. The van der Waals surface area contributed by atoms with Gasteiger partial charge in [0.25, 0.3) is 7.82 Å². The predicted molar refractivity (Wildman–Crippen MR) is 240 cm³/mol. The second-order valence-corrected chi connectivity index (χ2v) is 17.1. The van der Waals surface area contributed by atoms with Crippen molar-refractivity contribution in [1.29, 1.82) is 0 Å². The average molecular weight is 818 g/mol. The van der Waals surface area contributed by atoms with E-state index >= 15 is 0 Å². The zero-order valence-corrected chi connectivity index (χ0v) is 37.9. The maximum atomic E-state index is 12.7. The summed E-state index contributed by atoms with van der Waals surface area (Å²) in [5.74, 6) is -0.421. The minimum Gasteiger partial charge on any atom is -0.756 e. The Hall–Kier alpha value is -2.32. The summed E-state index contributed by atoms with van der Waals surface area (Å²) < 4.78 is 34.5. The highest BCUT2D eigenvalue weighted by Crippen LogP contribution is 2.38. The molecule has 0 amide bonds. The van der Waals surface area contributed by atoms with Crippen LogP contribution < -0.4 is 4.89 Å². The summed E-state index contributed by atoms with van der Waals surface area (Å²) in [5, 5.41) is 0. The van der Waals surface area contributed by atoms with Gasteiger partial charge in [-0.25, -0.2) is 0 Å². The lowest BCUT2D eigenvalue weighted by Crippen LogP contribution is -2.37. The highest BCUT2D eigenvalue weighted by Gasteiger charge is 2.20. The minimum absolute atomic E-state index is 0.00709. The summed E-state index contributed by atoms with van der Waals surface area (Å²) in [6.45, 7) is 5.15. The molecule has 0 spiro atoms. The third-order valence-corrected chi connectivity index (χ3v) is 9.91. The van der Waals surface area contributed by atoms with Crippen LogP contribution in [0.15, 0.2) is 85.1 Å². The lowest BCUT2D eigenvalue weighted by Gasteiger charge is -2.28. The first kappa shape index (κ1) is 54.7. The van der Waals surface area contributed by atoms with Gasteiger partial charge in [-0.15, -0.1) is 0 Å². The fourth-order valence-corrected chi connectivity index (χ4v) is 6.23. The van der Waals surface area contributed by atoms with Crippen molar-refractivity contribution in [3.8, 4) is 0 Å². The molecule has 0 N–H and O–H groups in total. The van der Waals surface area contributed by atoms with Crippen LogP contribution in [0.2, 0.25) is 0 Å². The summed E-state index contributed by atoms with van der Waals surface area (Å²) in [6.07, 6.45) is 53.3. The van der Waals surface area contributed by atoms with Gasteiger partial charge in [-0.3, -0.25) is 9.36 Å². The van der Waals surface area contributed by atoms with Crippen LogP contribution in [0.4, 0.5) is 0 Å². The standard InChI is InChI=1S/C48H84NO7P/c1-6-8-10-12-14-16-18-20-22-24-25-26-27-29-31-33-35-37-39-41-48(50)56-47(46-55-57(51,52)54-44-42-49(3,4)5)45-53-43-40-38-36-34-32-30-28-23-21-19-17-15-13-11-9-7-2/h8,10,14,16,20-23,25-26,29,31,35,37,47H,6-7,9,11-13,15,17-19,24,27-28,30,32-34,36,38-46H2,1-5H3/b10-8-,16-14-,22-20-,23-21-,26-25-,31-29-,37-35-. The molecule has 0 aromatic heterocycles. The summed E-state index contributed by atoms with van der Waals surface area (Å²) >= 11 is 0. The molecule has 0 radical (unpaired) electrons. The molecule has 328 valence electrons. The van der Waals surface area contributed by atoms with Gasteiger partial charge in [-0.05, 0) is 77.0 Å². The van der Waals surface area contributed by atoms with E-state index in [1.807, 2.05) is 33.3 Å². The van der Waals surface area contributed by atoms with Crippen LogP contribution in [-0.2, 0) is 27.9 Å². The molecule has 8 nitrogen and oxygen atoms in total. The molecule has 57 heavy (non-hydrogen) atoms. The van der Waals surface area contributed by atoms with Crippen molar-refractivity contribution in [2.24, 2.45) is 0 Å². The van der Waals surface area contributed by atoms with E-state index in [4.69, 9.17) is 18.5 Å². The second-order valence-electron chi connectivity index (χ2n) is 15.7. The van der Waals surface area contributed by atoms with E-state index in [1.165, 1.54) is 70.6 Å². The topological polar surface area (TPSA) is 94.1 Å². The number of ether oxygens (including phenoxy) is 2. The van der Waals surface area contributed by atoms with Crippen LogP contribution in [0.3, 0.4) is 0 Å². The Kier molecular flexibility index (Phi) is 38.8. The quantitative estimate of drug-likeness (QED) is 0.0200. The first-order valence-electron chi connectivity index (χ1n) is 22.3. The van der Waals surface area contributed by atoms with Crippen molar-refractivity contribution in [2.75, 3.05) is 54.1 Å². The van der Waals surface area contributed by atoms with Gasteiger partial charge in [0.2, 0.25) is 0 Å². The summed E-state index contributed by atoms with van der Waals surface area (Å²) in [5.41, 5.74) is 0. The number of carbonyl (C=O) groups is 1. The molecule has 2 unspecified atom stereocenters. The molecule has 0 rings (SSSR count). The van der Waals surface area contributed by atoms with Crippen LogP contribution >= 0.6 is 7.82 Å². The first-order chi connectivity index (χ1) is 27.6. The van der Waals surface area contributed by atoms with Crippen LogP contribution in [-0.4, -0.2) is 70.7 Å². The molecule has 0 aromatic rings. The SMILES string of the molecule is CC/C=C\C/C=C\C/C=C\C/C=C\C/C=C\C/C=C\CCC(=O)OC(COCCCCCCCC/C=C\CCCCCCCC)COP(=O)([O-])OCC[N+](C)(C)C. The van der Waals surface area contributed by atoms with E-state index < -0.39 is 19.9 Å². The highest BCUT2D eigenvalue weighted by atomic mass is 31.2. The number of esters is 1. The lowest BCUT2D eigenvalue weighted by molar-refractivity contribution is -0.870. The number of hydrogen-bond donors (Lipinski definition) is 0. The van der Waals surface area contributed by atoms with Crippen LogP contribution in [0, 0.1) is 0 Å². The number of allylic oxidation sites excluding steroid dienone is 14. The Morgan fingerprint density at radius 2 is 1.02 bits per heavy atom. The van der Waals surface area contributed by atoms with Crippen molar-refractivity contribution < 1.29 is 37.3 Å². The van der Waals surface area contributed by atoms with Crippen LogP contribution in [0.1, 0.15) is 155 Å². The largest absolute Gasteiger partial charge is 0.756 e. The van der Waals surface area contributed by atoms with Crippen molar-refractivity contribution in [2.45, 2.75) is 161 Å². The van der Waals surface area contributed by atoms with E-state index in [9.17, 15) is 14.3 Å². The molecule has 0 bridgehead atoms. The number of quaternary nitrogens is 1. The molecule has 0 heterocycles. The monoisotopic (exact) mass is 818 g/mol. The van der Waals surface area contributed by atoms with Gasteiger partial charge in [0.1, 0.15) is 19.3 Å². The van der Waals surface area contributed by atoms with Gasteiger partial charge in [-0.2, -0.15) is 0 Å². The highest BCUT2D eigenvalue weighted by molar-refractivity contribution is 7.45. The Labute approximate surface area is 350 Å². The maximum Gasteiger partial charge on any atom is 0.306 e. The van der Waals surface area contributed by atoms with Crippen LogP contribution in [0.5, 0.6) is 0 Å². The minimum atomic E-state index is -4.55. The fraction of sp³-hybridized carbons (Fsp3) is 0.688. The van der Waals surface area contributed by atoms with Gasteiger partial charge >= 0.3 is 5.97 Å². The van der Waals surface area contributed by atoms with Crippen molar-refractivity contribution in [3.05, 3.63) is 85.1 Å². The van der Waals surface area contributed by atoms with Gasteiger partial charge in [-0.1, -0.05) is 157 Å². The number of hydrogen-bond acceptors (Lipinski definition) is 7. The molecule has 0 saturated heterocycles. The Balaban J connectivity index is 4.39. The molecule has 0 aliphatic carbocycles. The average Bonchev–Trinajstić information content (AvgIpc) is 3.16. The predicted octanol–water partition coefficient (Wildman–Crippen LogP) is 12.6. The van der Waals surface area contributed by atoms with Crippen molar-refractivity contribution in [3.63, 3.8) is 0 Å². The summed E-state index contributed by atoms with van der Waals surface area (Å²) in [4.78, 5) is 25.0. The van der Waals surface area contributed by atoms with Crippen molar-refractivity contribution >= 4 is 13.8 Å². The Morgan fingerprint density at radius 1 is 0.561 bits per heavy atom. The van der Waals surface area contributed by atoms with Gasteiger partial charge in [0, 0.05) is 13.0 Å². The van der Waals surface area contributed by atoms with Crippen molar-refractivity contribution in [1.82, 2.24) is 0 Å². The fourth-order valence-electron chi connectivity index (χ4n) is 5.51. The second kappa shape index (κ2) is 40.5. The maximum absolute atomic E-state index is 12.7. The van der Waals surface area contributed by atoms with Gasteiger partial charge < -0.3 is 27.9 Å². The lowest BCUT2D eigenvalue weighted by atomic mass is 10.1. The van der Waals surface area contributed by atoms with Crippen LogP contribution in [0.25, 0.3) is 0 Å². The van der Waals surface area contributed by atoms with E-state index in [-0.39, 0.29) is 26.2 Å². The number of unbranched alkanes of at least 4 members (excludes halogenated alkanes) is 12. The Bertz CT molecular complexity index is 1180. The van der Waals surface area contributed by atoms with E-state index in [0.29, 0.717) is 24.1 Å². The number of carbonyl (C=O) groups excluding carboxylic acids is 1. The number of likely N-dealkylation sites (N-methyl/N-ethyl adjacent to an activating group) is 1. The van der Waals surface area contributed by atoms with E-state index in [2.05, 4.69) is 86.8 Å². The summed E-state index contributed by atoms with van der Waals surface area (Å²) in [7, 11) is 1.29. The van der Waals surface area contributed by atoms with Gasteiger partial charge in [0.05, 0.1) is 34.4 Å². The third kappa shape index (κ3) is 44.6. The molecule has 0 aliphatic heterocycles. The number of phosphoric ester groups is 1. The molecule has 0 fully saturated rings. The zero-order chi connectivity index (χ0) is 42.0. The molecular weight excluding hydrogens is 734 g/mol. The molecular formula is C48H84NO7P. The Morgan fingerprint density at radius 3 is 1.53 bits per heavy atom. The smallest absolute Gasteiger partial charge is 0.306 e. The third-order valence-electron chi connectivity index (χ3n) is 8.94. The molecule has 0 aromatic carbocycles. The number of nitrogens with zero attached hydrogens (tertiary/aromatic N) is 1. The normalized spacial score (nSPS) is 14.6. The van der Waals surface area contributed by atoms with E-state index in [1.54, 1.807) is 0 Å². The van der Waals surface area contributed by atoms with E-state index in [0.717, 1.165) is 57.8 Å². The number of phosphoric acid groups is 1. The summed E-state index contributed by atoms with van der Waals surface area (Å²) in [6, 6.07) is 0.